The first-order valence-corrected chi connectivity index (χ1v) is 17.7. The minimum Gasteiger partial charge on any atom is -0.493 e. The number of rotatable bonds is 10. The zero-order valence-electron chi connectivity index (χ0n) is 25.7. The van der Waals surface area contributed by atoms with Gasteiger partial charge in [0.15, 0.2) is 11.5 Å². The number of hydrogen-bond donors (Lipinski definition) is 1. The Morgan fingerprint density at radius 2 is 1.85 bits per heavy atom. The van der Waals surface area contributed by atoms with E-state index in [4.69, 9.17) is 47.5 Å². The number of esters is 1. The van der Waals surface area contributed by atoms with E-state index in [2.05, 4.69) is 21.2 Å². The van der Waals surface area contributed by atoms with Crippen molar-refractivity contribution in [2.45, 2.75) is 68.7 Å². The van der Waals surface area contributed by atoms with Gasteiger partial charge in [0.25, 0.3) is 0 Å². The Hall–Kier alpha value is -3.25. The van der Waals surface area contributed by atoms with Gasteiger partial charge >= 0.3 is 5.97 Å². The van der Waals surface area contributed by atoms with Crippen LogP contribution in [-0.2, 0) is 21.9 Å². The molecule has 0 bridgehead atoms. The molecule has 1 atom stereocenters. The van der Waals surface area contributed by atoms with Crippen molar-refractivity contribution < 1.29 is 23.4 Å². The van der Waals surface area contributed by atoms with Gasteiger partial charge in [0, 0.05) is 27.1 Å². The fourth-order valence-electron chi connectivity index (χ4n) is 5.77. The fourth-order valence-corrected chi connectivity index (χ4v) is 7.67. The number of benzene rings is 3. The van der Waals surface area contributed by atoms with Gasteiger partial charge in [-0.25, -0.2) is 13.9 Å². The molecule has 6 rings (SSSR count). The summed E-state index contributed by atoms with van der Waals surface area (Å²) in [5.41, 5.74) is 2.88. The molecule has 1 unspecified atom stereocenters. The van der Waals surface area contributed by atoms with E-state index in [0.29, 0.717) is 70.8 Å². The predicted octanol–water partition coefficient (Wildman–Crippen LogP) is 9.53. The van der Waals surface area contributed by atoms with Crippen LogP contribution in [-0.4, -0.2) is 33.9 Å². The maximum Gasteiger partial charge on any atom is 0.338 e. The van der Waals surface area contributed by atoms with Crippen molar-refractivity contribution in [3.05, 3.63) is 103 Å². The summed E-state index contributed by atoms with van der Waals surface area (Å²) in [4.78, 5) is 18.6. The molecule has 0 saturated heterocycles. The molecule has 4 aromatic rings. The van der Waals surface area contributed by atoms with E-state index in [9.17, 15) is 9.18 Å². The smallest absolute Gasteiger partial charge is 0.338 e. The number of nitrogens with one attached hydrogen (secondary N) is 1. The van der Waals surface area contributed by atoms with E-state index in [-0.39, 0.29) is 18.5 Å². The van der Waals surface area contributed by atoms with Gasteiger partial charge in [0.2, 0.25) is 11.1 Å². The van der Waals surface area contributed by atoms with Crippen LogP contribution < -0.4 is 14.8 Å². The molecular weight excluding hydrogens is 730 g/mol. The summed E-state index contributed by atoms with van der Waals surface area (Å²) in [7, 11) is 1.54. The molecule has 1 N–H and O–H groups in total. The molecule has 2 aliphatic rings. The van der Waals surface area contributed by atoms with Crippen molar-refractivity contribution in [2.24, 2.45) is 0 Å². The molecule has 1 aromatic heterocycles. The number of ether oxygens (including phenoxy) is 3. The van der Waals surface area contributed by atoms with Crippen molar-refractivity contribution >= 4 is 62.8 Å². The summed E-state index contributed by atoms with van der Waals surface area (Å²) in [6.45, 7) is 1.93. The van der Waals surface area contributed by atoms with Gasteiger partial charge in [-0.05, 0) is 90.0 Å². The van der Waals surface area contributed by atoms with Crippen LogP contribution in [0.2, 0.25) is 10.0 Å². The van der Waals surface area contributed by atoms with Gasteiger partial charge in [0.1, 0.15) is 24.6 Å². The number of aromatic nitrogens is 3. The molecule has 13 heteroatoms. The molecule has 0 radical (unpaired) electrons. The standard InChI is InChI=1S/C34H32BrCl2FN4O4S/c1-19-29(32(43)46-22-10-4-3-5-11-22)30(42-33(39-19)40-34(41-42)47-18-20-9-6-7-14-27(20)38)21-15-24(35)31(28(16-21)44-2)45-17-23-25(36)12-8-13-26(23)37/h6-9,12-16,22,30H,3-5,10-11,17-18H2,1-2H3,(H,39,40,41). The van der Waals surface area contributed by atoms with Crippen molar-refractivity contribution in [3.63, 3.8) is 0 Å². The Labute approximate surface area is 295 Å². The summed E-state index contributed by atoms with van der Waals surface area (Å²) in [5.74, 6) is 0.933. The van der Waals surface area contributed by atoms with Gasteiger partial charge in [-0.1, -0.05) is 65.7 Å². The minimum absolute atomic E-state index is 0.105. The van der Waals surface area contributed by atoms with E-state index in [1.165, 1.54) is 17.8 Å². The quantitative estimate of drug-likeness (QED) is 0.126. The molecule has 2 heterocycles. The largest absolute Gasteiger partial charge is 0.493 e. The van der Waals surface area contributed by atoms with Gasteiger partial charge in [-0.15, -0.1) is 5.10 Å². The number of halogens is 4. The first kappa shape index (κ1) is 33.6. The molecule has 246 valence electrons. The number of carbonyl (C=O) groups is 1. The van der Waals surface area contributed by atoms with Crippen LogP contribution in [0.4, 0.5) is 10.3 Å². The Balaban J connectivity index is 1.36. The Morgan fingerprint density at radius 1 is 1.11 bits per heavy atom. The number of methoxy groups -OCH3 is 1. The van der Waals surface area contributed by atoms with Crippen molar-refractivity contribution in [2.75, 3.05) is 12.4 Å². The van der Waals surface area contributed by atoms with E-state index >= 15 is 0 Å². The first-order valence-electron chi connectivity index (χ1n) is 15.2. The van der Waals surface area contributed by atoms with Crippen LogP contribution >= 0.6 is 50.9 Å². The molecule has 47 heavy (non-hydrogen) atoms. The van der Waals surface area contributed by atoms with E-state index in [1.807, 2.05) is 19.1 Å². The van der Waals surface area contributed by atoms with Crippen LogP contribution in [0, 0.1) is 5.82 Å². The maximum atomic E-state index is 14.3. The topological polar surface area (TPSA) is 87.5 Å². The minimum atomic E-state index is -0.713. The van der Waals surface area contributed by atoms with E-state index < -0.39 is 12.0 Å². The maximum absolute atomic E-state index is 14.3. The molecule has 1 saturated carbocycles. The summed E-state index contributed by atoms with van der Waals surface area (Å²) >= 11 is 17.7. The SMILES string of the molecule is COc1cc(C2C(C(=O)OC3CCCCC3)=C(C)Nc3nc(SCc4ccccc4F)nn32)cc(Br)c1OCc1c(Cl)cccc1Cl. The predicted molar refractivity (Wildman–Crippen MR) is 185 cm³/mol. The van der Waals surface area contributed by atoms with Crippen molar-refractivity contribution in [1.82, 2.24) is 14.8 Å². The molecular formula is C34H32BrCl2FN4O4S. The number of carbonyl (C=O) groups excluding carboxylic acids is 1. The third kappa shape index (κ3) is 7.43. The van der Waals surface area contributed by atoms with Crippen molar-refractivity contribution in [1.29, 1.82) is 0 Å². The molecule has 0 amide bonds. The molecule has 1 aliphatic carbocycles. The molecule has 1 fully saturated rings. The van der Waals surface area contributed by atoms with Crippen LogP contribution in [0.5, 0.6) is 11.5 Å². The second kappa shape index (κ2) is 14.9. The highest BCUT2D eigenvalue weighted by molar-refractivity contribution is 9.10. The average Bonchev–Trinajstić information content (AvgIpc) is 3.46. The zero-order valence-corrected chi connectivity index (χ0v) is 29.6. The lowest BCUT2D eigenvalue weighted by Gasteiger charge is -2.30. The van der Waals surface area contributed by atoms with Gasteiger partial charge in [-0.2, -0.15) is 4.98 Å². The summed E-state index contributed by atoms with van der Waals surface area (Å²) in [6, 6.07) is 14.8. The summed E-state index contributed by atoms with van der Waals surface area (Å²) in [6.07, 6.45) is 4.72. The van der Waals surface area contributed by atoms with Crippen molar-refractivity contribution in [3.8, 4) is 11.5 Å². The lowest BCUT2D eigenvalue weighted by Crippen LogP contribution is -2.32. The van der Waals surface area contributed by atoms with Gasteiger partial charge < -0.3 is 19.5 Å². The van der Waals surface area contributed by atoms with Crippen LogP contribution in [0.15, 0.2) is 75.5 Å². The second-order valence-electron chi connectivity index (χ2n) is 11.3. The number of anilines is 1. The van der Waals surface area contributed by atoms with Crippen LogP contribution in [0.25, 0.3) is 0 Å². The fraction of sp³-hybridized carbons (Fsp3) is 0.324. The van der Waals surface area contributed by atoms with E-state index in [1.54, 1.807) is 48.2 Å². The number of allylic oxidation sites excluding steroid dienone is 1. The highest BCUT2D eigenvalue weighted by Crippen LogP contribution is 2.44. The van der Waals surface area contributed by atoms with E-state index in [0.717, 1.165) is 32.1 Å². The van der Waals surface area contributed by atoms with Crippen LogP contribution in [0.3, 0.4) is 0 Å². The zero-order chi connectivity index (χ0) is 33.1. The number of fused-ring (bicyclic) bond motifs is 1. The number of nitrogens with zero attached hydrogens (tertiary/aromatic N) is 3. The summed E-state index contributed by atoms with van der Waals surface area (Å²) < 4.78 is 34.6. The lowest BCUT2D eigenvalue weighted by molar-refractivity contribution is -0.146. The Kier molecular flexibility index (Phi) is 10.7. The summed E-state index contributed by atoms with van der Waals surface area (Å²) in [5, 5.41) is 9.45. The lowest BCUT2D eigenvalue weighted by atomic mass is 9.94. The van der Waals surface area contributed by atoms with Gasteiger partial charge in [0.05, 0.1) is 17.2 Å². The van der Waals surface area contributed by atoms with Crippen LogP contribution in [0.1, 0.15) is 61.8 Å². The van der Waals surface area contributed by atoms with Gasteiger partial charge in [-0.3, -0.25) is 0 Å². The molecule has 8 nitrogen and oxygen atoms in total. The molecule has 0 spiro atoms. The molecule has 3 aromatic carbocycles. The molecule has 1 aliphatic heterocycles. The highest BCUT2D eigenvalue weighted by atomic mass is 79.9. The first-order chi connectivity index (χ1) is 22.7. The Bertz CT molecular complexity index is 1810. The normalized spacial score (nSPS) is 16.4. The highest BCUT2D eigenvalue weighted by Gasteiger charge is 2.37. The third-order valence-corrected chi connectivity index (χ3v) is 10.4. The number of hydrogen-bond acceptors (Lipinski definition) is 8. The number of thioether (sulfide) groups is 1. The third-order valence-electron chi connectivity index (χ3n) is 8.18. The Morgan fingerprint density at radius 3 is 2.57 bits per heavy atom. The monoisotopic (exact) mass is 760 g/mol. The second-order valence-corrected chi connectivity index (χ2v) is 13.9. The average molecular weight is 763 g/mol.